The molecule has 11 nitrogen and oxygen atoms in total. The molecule has 0 radical (unpaired) electrons. The molecule has 0 amide bonds. The van der Waals surface area contributed by atoms with Crippen molar-refractivity contribution in [3.05, 3.63) is 170 Å². The number of phosphoric acid groups is 1. The molecular formula is C70H109O11P. The Balaban J connectivity index is 4.88. The second kappa shape index (κ2) is 61.9. The molecule has 3 unspecified atom stereocenters. The quantitative estimate of drug-likeness (QED) is 0.0197. The van der Waals surface area contributed by atoms with Crippen molar-refractivity contribution in [2.45, 2.75) is 226 Å². The number of ether oxygens (including phenoxy) is 3. The summed E-state index contributed by atoms with van der Waals surface area (Å²) >= 11 is 0. The van der Waals surface area contributed by atoms with Gasteiger partial charge in [0.2, 0.25) is 0 Å². The zero-order valence-electron chi connectivity index (χ0n) is 50.9. The molecule has 12 heteroatoms. The molecule has 0 aliphatic rings. The summed E-state index contributed by atoms with van der Waals surface area (Å²) in [6, 6.07) is 0. The number of phosphoric ester groups is 1. The molecule has 2 N–H and O–H groups in total. The van der Waals surface area contributed by atoms with Crippen LogP contribution in [0.1, 0.15) is 213 Å². The summed E-state index contributed by atoms with van der Waals surface area (Å²) in [4.78, 5) is 48.7. The van der Waals surface area contributed by atoms with Gasteiger partial charge in [-0.15, -0.1) is 0 Å². The second-order valence-electron chi connectivity index (χ2n) is 19.7. The molecule has 82 heavy (non-hydrogen) atoms. The number of hydrogen-bond acceptors (Lipinski definition) is 10. The van der Waals surface area contributed by atoms with Gasteiger partial charge in [0, 0.05) is 19.3 Å². The standard InChI is InChI=1S/C70H109O11P/c1-4-7-10-13-16-19-22-25-28-31-33-36-39-42-45-48-51-54-57-60-69(73)80-66(62-71)64-78-82(75,76)79-65-67(63-77-68(72)59-56-53-50-47-44-41-38-35-30-27-24-21-18-15-12-9-6-3)81-70(74)61-58-55-52-49-46-43-40-37-34-32-29-26-23-20-17-14-11-8-5-2/h7-12,16-21,25-30,33-34,36-38,41,43,46,52,55,66-67,71H,4-6,13-15,22-24,31-32,35,39-40,42,44-45,47-51,53-54,56-65H2,1-3H3,(H,75,76)/b10-7-,11-8-,12-9-,19-16-,20-17-,21-18-,28-25-,29-26-,30-27-,36-33-,37-34-,41-38-,46-43-,55-52-. The zero-order valence-corrected chi connectivity index (χ0v) is 51.8. The Labute approximate surface area is 497 Å². The van der Waals surface area contributed by atoms with Crippen LogP contribution in [0.4, 0.5) is 0 Å². The van der Waals surface area contributed by atoms with Crippen LogP contribution >= 0.6 is 7.82 Å². The topological polar surface area (TPSA) is 155 Å². The third kappa shape index (κ3) is 59.5. The zero-order chi connectivity index (χ0) is 59.8. The van der Waals surface area contributed by atoms with Crippen LogP contribution in [0.5, 0.6) is 0 Å². The largest absolute Gasteiger partial charge is 0.472 e. The first kappa shape index (κ1) is 76.8. The molecule has 0 aliphatic heterocycles. The van der Waals surface area contributed by atoms with Gasteiger partial charge in [0.05, 0.1) is 19.8 Å². The van der Waals surface area contributed by atoms with Crippen molar-refractivity contribution in [1.82, 2.24) is 0 Å². The molecule has 0 saturated heterocycles. The van der Waals surface area contributed by atoms with E-state index in [1.807, 2.05) is 12.2 Å². The van der Waals surface area contributed by atoms with E-state index in [0.717, 1.165) is 148 Å². The fraction of sp³-hybridized carbons (Fsp3) is 0.557. The van der Waals surface area contributed by atoms with Crippen LogP contribution < -0.4 is 0 Å². The number of carbonyl (C=O) groups excluding carboxylic acids is 3. The van der Waals surface area contributed by atoms with Crippen LogP contribution in [-0.2, 0) is 42.2 Å². The molecule has 460 valence electrons. The van der Waals surface area contributed by atoms with Crippen molar-refractivity contribution < 1.29 is 52.2 Å². The maximum absolute atomic E-state index is 12.9. The van der Waals surface area contributed by atoms with Gasteiger partial charge in [0.1, 0.15) is 12.7 Å². The van der Waals surface area contributed by atoms with Crippen LogP contribution in [0.3, 0.4) is 0 Å². The van der Waals surface area contributed by atoms with Gasteiger partial charge in [-0.1, -0.05) is 229 Å². The number of esters is 3. The van der Waals surface area contributed by atoms with Gasteiger partial charge in [-0.3, -0.25) is 23.4 Å². The van der Waals surface area contributed by atoms with Gasteiger partial charge >= 0.3 is 25.7 Å². The summed E-state index contributed by atoms with van der Waals surface area (Å²) in [5.41, 5.74) is 0. The van der Waals surface area contributed by atoms with Gasteiger partial charge in [-0.25, -0.2) is 4.57 Å². The monoisotopic (exact) mass is 1160 g/mol. The first-order chi connectivity index (χ1) is 40.2. The lowest BCUT2D eigenvalue weighted by atomic mass is 10.1. The van der Waals surface area contributed by atoms with Crippen LogP contribution in [0.15, 0.2) is 170 Å². The molecule has 3 atom stereocenters. The van der Waals surface area contributed by atoms with E-state index in [1.165, 1.54) is 0 Å². The molecule has 0 heterocycles. The number of unbranched alkanes of at least 4 members (excludes halogenated alkanes) is 10. The van der Waals surface area contributed by atoms with Gasteiger partial charge < -0.3 is 24.2 Å². The number of aliphatic hydroxyl groups excluding tert-OH is 1. The minimum absolute atomic E-state index is 0.0254. The average molecular weight is 1160 g/mol. The van der Waals surface area contributed by atoms with E-state index in [9.17, 15) is 28.9 Å². The Kier molecular flexibility index (Phi) is 58.0. The lowest BCUT2D eigenvalue weighted by molar-refractivity contribution is -0.161. The average Bonchev–Trinajstić information content (AvgIpc) is 3.50. The van der Waals surface area contributed by atoms with Crippen molar-refractivity contribution in [2.24, 2.45) is 0 Å². The van der Waals surface area contributed by atoms with E-state index in [0.29, 0.717) is 25.7 Å². The molecular weight excluding hydrogens is 1050 g/mol. The van der Waals surface area contributed by atoms with Crippen molar-refractivity contribution in [1.29, 1.82) is 0 Å². The smallest absolute Gasteiger partial charge is 0.462 e. The van der Waals surface area contributed by atoms with Gasteiger partial charge in [0.15, 0.2) is 6.10 Å². The molecule has 0 fully saturated rings. The number of allylic oxidation sites excluding steroid dienone is 28. The Hall–Kier alpha value is -5.16. The normalized spacial score (nSPS) is 14.5. The summed E-state index contributed by atoms with van der Waals surface area (Å²) in [5, 5.41) is 9.85. The Bertz CT molecular complexity index is 2030. The Morgan fingerprint density at radius 1 is 0.341 bits per heavy atom. The van der Waals surface area contributed by atoms with E-state index in [-0.39, 0.29) is 25.9 Å². The van der Waals surface area contributed by atoms with Crippen molar-refractivity contribution in [2.75, 3.05) is 26.4 Å². The molecule has 0 aliphatic carbocycles. The minimum atomic E-state index is -4.80. The number of hydrogen-bond donors (Lipinski definition) is 2. The molecule has 0 aromatic heterocycles. The predicted molar refractivity (Wildman–Crippen MR) is 343 cm³/mol. The molecule has 0 aromatic rings. The third-order valence-corrected chi connectivity index (χ3v) is 13.1. The van der Waals surface area contributed by atoms with Crippen molar-refractivity contribution in [3.63, 3.8) is 0 Å². The van der Waals surface area contributed by atoms with Crippen LogP contribution in [-0.4, -0.2) is 66.5 Å². The van der Waals surface area contributed by atoms with E-state index in [4.69, 9.17) is 23.3 Å². The fourth-order valence-electron chi connectivity index (χ4n) is 7.54. The third-order valence-electron chi connectivity index (χ3n) is 12.1. The van der Waals surface area contributed by atoms with E-state index in [1.54, 1.807) is 0 Å². The van der Waals surface area contributed by atoms with E-state index >= 15 is 0 Å². The van der Waals surface area contributed by atoms with E-state index in [2.05, 4.69) is 179 Å². The molecule has 0 aromatic carbocycles. The predicted octanol–water partition coefficient (Wildman–Crippen LogP) is 19.0. The summed E-state index contributed by atoms with van der Waals surface area (Å²) in [6.07, 6.45) is 83.2. The molecule has 0 saturated carbocycles. The number of carbonyl (C=O) groups is 3. The van der Waals surface area contributed by atoms with Crippen LogP contribution in [0.25, 0.3) is 0 Å². The fourth-order valence-corrected chi connectivity index (χ4v) is 8.32. The summed E-state index contributed by atoms with van der Waals surface area (Å²) in [7, 11) is -4.80. The van der Waals surface area contributed by atoms with Crippen LogP contribution in [0, 0.1) is 0 Å². The Morgan fingerprint density at radius 2 is 0.622 bits per heavy atom. The highest BCUT2D eigenvalue weighted by Gasteiger charge is 2.28. The maximum Gasteiger partial charge on any atom is 0.472 e. The molecule has 0 rings (SSSR count). The van der Waals surface area contributed by atoms with Gasteiger partial charge in [-0.2, -0.15) is 0 Å². The highest BCUT2D eigenvalue weighted by atomic mass is 31.2. The van der Waals surface area contributed by atoms with E-state index < -0.39 is 57.8 Å². The second-order valence-corrected chi connectivity index (χ2v) is 21.2. The SMILES string of the molecule is CC/C=C\C/C=C\C/C=C\C/C=C\C/C=C\C/C=C\CCC(=O)OC(COC(=O)CCCCCC/C=C\C/C=C\C/C=C\C/C=C\CC)COP(=O)(O)OCC(CO)OC(=O)CCCCCCCC/C=C\C/C=C\C/C=C\C/C=C\CC. The highest BCUT2D eigenvalue weighted by molar-refractivity contribution is 7.47. The van der Waals surface area contributed by atoms with Gasteiger partial charge in [0.25, 0.3) is 0 Å². The highest BCUT2D eigenvalue weighted by Crippen LogP contribution is 2.43. The van der Waals surface area contributed by atoms with Crippen molar-refractivity contribution >= 4 is 25.7 Å². The van der Waals surface area contributed by atoms with Crippen molar-refractivity contribution in [3.8, 4) is 0 Å². The minimum Gasteiger partial charge on any atom is -0.462 e. The number of aliphatic hydroxyl groups is 1. The summed E-state index contributed by atoms with van der Waals surface area (Å²) in [6.45, 7) is 4.16. The maximum atomic E-state index is 12.9. The summed E-state index contributed by atoms with van der Waals surface area (Å²) in [5.74, 6) is -1.63. The van der Waals surface area contributed by atoms with Crippen LogP contribution in [0.2, 0.25) is 0 Å². The summed E-state index contributed by atoms with van der Waals surface area (Å²) < 4.78 is 39.5. The first-order valence-corrected chi connectivity index (χ1v) is 32.5. The molecule has 0 spiro atoms. The number of rotatable bonds is 55. The lowest BCUT2D eigenvalue weighted by Crippen LogP contribution is -2.30. The first-order valence-electron chi connectivity index (χ1n) is 31.0. The Morgan fingerprint density at radius 3 is 0.988 bits per heavy atom. The lowest BCUT2D eigenvalue weighted by Gasteiger charge is -2.21. The molecule has 0 bridgehead atoms. The van der Waals surface area contributed by atoms with Gasteiger partial charge in [-0.05, 0) is 135 Å².